The summed E-state index contributed by atoms with van der Waals surface area (Å²) in [6.45, 7) is 0.915. The molecule has 0 aliphatic carbocycles. The van der Waals surface area contributed by atoms with E-state index in [2.05, 4.69) is 20.4 Å². The molecule has 5 rings (SSSR count). The zero-order valence-electron chi connectivity index (χ0n) is 21.6. The molecule has 4 heterocycles. The average molecular weight is 531 g/mol. The van der Waals surface area contributed by atoms with Crippen LogP contribution in [0.4, 0.5) is 10.1 Å². The van der Waals surface area contributed by atoms with E-state index in [0.717, 1.165) is 22.5 Å². The van der Waals surface area contributed by atoms with Gasteiger partial charge in [-0.15, -0.1) is 0 Å². The van der Waals surface area contributed by atoms with E-state index in [0.29, 0.717) is 30.8 Å². The molecule has 0 radical (unpaired) electrons. The minimum absolute atomic E-state index is 0.0331. The monoisotopic (exact) mass is 530 g/mol. The number of aromatic nitrogens is 4. The number of nitrogens with zero attached hydrogens (tertiary/aromatic N) is 5. The Morgan fingerprint density at radius 1 is 1.03 bits per heavy atom. The van der Waals surface area contributed by atoms with E-state index in [1.165, 1.54) is 26.5 Å². The van der Waals surface area contributed by atoms with Gasteiger partial charge < -0.3 is 19.7 Å². The third kappa shape index (κ3) is 5.63. The lowest BCUT2D eigenvalue weighted by Crippen LogP contribution is -2.25. The number of halogens is 1. The number of pyridine rings is 2. The third-order valence-electron chi connectivity index (χ3n) is 6.41. The maximum absolute atomic E-state index is 14.4. The highest BCUT2D eigenvalue weighted by molar-refractivity contribution is 6.00. The summed E-state index contributed by atoms with van der Waals surface area (Å²) < 4.78 is 26.3. The highest BCUT2D eigenvalue weighted by Crippen LogP contribution is 2.28. The lowest BCUT2D eigenvalue weighted by molar-refractivity contribution is -0.117. The van der Waals surface area contributed by atoms with Crippen molar-refractivity contribution in [3.05, 3.63) is 101 Å². The molecule has 0 spiro atoms. The maximum Gasteiger partial charge on any atom is 0.255 e. The Morgan fingerprint density at radius 3 is 2.54 bits per heavy atom. The molecule has 11 heteroatoms. The van der Waals surface area contributed by atoms with Crippen molar-refractivity contribution in [3.63, 3.8) is 0 Å². The molecule has 2 amide bonds. The molecule has 1 N–H and O–H groups in total. The van der Waals surface area contributed by atoms with Crippen LogP contribution in [-0.4, -0.2) is 45.8 Å². The summed E-state index contributed by atoms with van der Waals surface area (Å²) in [5, 5.41) is 7.21. The maximum atomic E-state index is 14.4. The molecule has 10 nitrogen and oxygen atoms in total. The molecule has 1 aliphatic rings. The smallest absolute Gasteiger partial charge is 0.255 e. The van der Waals surface area contributed by atoms with Crippen molar-refractivity contribution in [2.24, 2.45) is 0 Å². The Hall–Kier alpha value is -4.64. The van der Waals surface area contributed by atoms with E-state index in [9.17, 15) is 14.0 Å². The van der Waals surface area contributed by atoms with Gasteiger partial charge >= 0.3 is 0 Å². The summed E-state index contributed by atoms with van der Waals surface area (Å²) in [5.74, 6) is -0.947. The molecule has 4 aromatic rings. The van der Waals surface area contributed by atoms with Crippen LogP contribution >= 0.6 is 0 Å². The van der Waals surface area contributed by atoms with Crippen LogP contribution in [0.25, 0.3) is 0 Å². The Bertz CT molecular complexity index is 1500. The minimum atomic E-state index is -0.619. The van der Waals surface area contributed by atoms with Crippen LogP contribution < -0.4 is 15.0 Å². The number of amides is 2. The van der Waals surface area contributed by atoms with Gasteiger partial charge in [-0.2, -0.15) is 5.10 Å². The SMILES string of the molecule is COCc1nn(Cc2ccc(CN3C(=O)Cc4ncccc43)cc2)cc1C(=O)NCc1nccc(OC)c1F. The van der Waals surface area contributed by atoms with Crippen molar-refractivity contribution in [1.29, 1.82) is 0 Å². The first-order chi connectivity index (χ1) is 19.0. The first-order valence-electron chi connectivity index (χ1n) is 12.3. The van der Waals surface area contributed by atoms with Gasteiger partial charge in [0, 0.05) is 31.8 Å². The van der Waals surface area contributed by atoms with Gasteiger partial charge in [-0.05, 0) is 23.3 Å². The second kappa shape index (κ2) is 11.4. The number of carbonyl (C=O) groups is 2. The van der Waals surface area contributed by atoms with Gasteiger partial charge in [0.1, 0.15) is 5.69 Å². The number of methoxy groups -OCH3 is 2. The van der Waals surface area contributed by atoms with Crippen LogP contribution in [0.15, 0.2) is 61.1 Å². The number of nitrogens with one attached hydrogen (secondary N) is 1. The van der Waals surface area contributed by atoms with Gasteiger partial charge in [0.15, 0.2) is 11.6 Å². The van der Waals surface area contributed by atoms with Crippen molar-refractivity contribution in [3.8, 4) is 5.75 Å². The van der Waals surface area contributed by atoms with Crippen LogP contribution in [0.1, 0.15) is 38.6 Å². The second-order valence-corrected chi connectivity index (χ2v) is 9.02. The first kappa shape index (κ1) is 26.0. The Kier molecular flexibility index (Phi) is 7.60. The molecule has 0 saturated carbocycles. The lowest BCUT2D eigenvalue weighted by Gasteiger charge is -2.17. The number of rotatable bonds is 10. The van der Waals surface area contributed by atoms with Crippen LogP contribution in [0.5, 0.6) is 5.75 Å². The zero-order chi connectivity index (χ0) is 27.4. The van der Waals surface area contributed by atoms with Crippen LogP contribution in [0, 0.1) is 5.82 Å². The lowest BCUT2D eigenvalue weighted by atomic mass is 10.1. The number of carbonyl (C=O) groups excluding carboxylic acids is 2. The summed E-state index contributed by atoms with van der Waals surface area (Å²) in [6, 6.07) is 13.0. The van der Waals surface area contributed by atoms with Crippen molar-refractivity contribution in [2.75, 3.05) is 19.1 Å². The Balaban J connectivity index is 1.25. The molecule has 0 bridgehead atoms. The quantitative estimate of drug-likeness (QED) is 0.336. The minimum Gasteiger partial charge on any atom is -0.494 e. The van der Waals surface area contributed by atoms with E-state index in [-0.39, 0.29) is 30.5 Å². The van der Waals surface area contributed by atoms with Crippen LogP contribution in [0.3, 0.4) is 0 Å². The number of fused-ring (bicyclic) bond motifs is 1. The fourth-order valence-electron chi connectivity index (χ4n) is 4.46. The number of hydrogen-bond acceptors (Lipinski definition) is 7. The fourth-order valence-corrected chi connectivity index (χ4v) is 4.46. The van der Waals surface area contributed by atoms with Crippen LogP contribution in [-0.2, 0) is 42.2 Å². The van der Waals surface area contributed by atoms with Crippen molar-refractivity contribution < 1.29 is 23.5 Å². The van der Waals surface area contributed by atoms with E-state index in [1.807, 2.05) is 36.4 Å². The van der Waals surface area contributed by atoms with Crippen molar-refractivity contribution in [2.45, 2.75) is 32.7 Å². The summed E-state index contributed by atoms with van der Waals surface area (Å²) >= 11 is 0. The predicted molar refractivity (Wildman–Crippen MR) is 140 cm³/mol. The van der Waals surface area contributed by atoms with Gasteiger partial charge in [0.2, 0.25) is 5.91 Å². The predicted octanol–water partition coefficient (Wildman–Crippen LogP) is 3.03. The summed E-state index contributed by atoms with van der Waals surface area (Å²) in [7, 11) is 2.89. The van der Waals surface area contributed by atoms with Gasteiger partial charge in [0.05, 0.1) is 62.4 Å². The largest absolute Gasteiger partial charge is 0.494 e. The van der Waals surface area contributed by atoms with Gasteiger partial charge in [-0.3, -0.25) is 24.2 Å². The Labute approximate surface area is 224 Å². The van der Waals surface area contributed by atoms with Crippen LogP contribution in [0.2, 0.25) is 0 Å². The molecular formula is C28H27FN6O4. The number of anilines is 1. The van der Waals surface area contributed by atoms with Gasteiger partial charge in [-0.25, -0.2) is 4.39 Å². The molecule has 39 heavy (non-hydrogen) atoms. The molecule has 1 aliphatic heterocycles. The molecule has 0 fully saturated rings. The standard InChI is InChI=1S/C28H27FN6O4/c1-38-17-23-20(28(37)32-13-22-27(29)25(39-2)9-11-31-22)16-34(33-23)14-18-5-7-19(8-6-18)15-35-24-4-3-10-30-21(24)12-26(35)36/h3-11,16H,12-15,17H2,1-2H3,(H,32,37). The molecule has 3 aromatic heterocycles. The number of benzene rings is 1. The summed E-state index contributed by atoms with van der Waals surface area (Å²) in [6.07, 6.45) is 5.07. The third-order valence-corrected chi connectivity index (χ3v) is 6.41. The summed E-state index contributed by atoms with van der Waals surface area (Å²) in [4.78, 5) is 35.4. The van der Waals surface area contributed by atoms with E-state index in [1.54, 1.807) is 22.0 Å². The highest BCUT2D eigenvalue weighted by atomic mass is 19.1. The molecule has 200 valence electrons. The Morgan fingerprint density at radius 2 is 1.79 bits per heavy atom. The highest BCUT2D eigenvalue weighted by Gasteiger charge is 2.28. The molecule has 0 atom stereocenters. The molecular weight excluding hydrogens is 503 g/mol. The van der Waals surface area contributed by atoms with Crippen molar-refractivity contribution in [1.82, 2.24) is 25.1 Å². The van der Waals surface area contributed by atoms with Gasteiger partial charge in [-0.1, -0.05) is 24.3 Å². The van der Waals surface area contributed by atoms with E-state index >= 15 is 0 Å². The number of hydrogen-bond donors (Lipinski definition) is 1. The summed E-state index contributed by atoms with van der Waals surface area (Å²) in [5.41, 5.74) is 4.47. The molecule has 0 saturated heterocycles. The van der Waals surface area contributed by atoms with Gasteiger partial charge in [0.25, 0.3) is 5.91 Å². The number of ether oxygens (including phenoxy) is 2. The first-order valence-corrected chi connectivity index (χ1v) is 12.3. The van der Waals surface area contributed by atoms with E-state index < -0.39 is 11.7 Å². The van der Waals surface area contributed by atoms with Crippen molar-refractivity contribution >= 4 is 17.5 Å². The topological polar surface area (TPSA) is 111 Å². The van der Waals surface area contributed by atoms with E-state index in [4.69, 9.17) is 9.47 Å². The zero-order valence-corrected chi connectivity index (χ0v) is 21.6. The average Bonchev–Trinajstić information content (AvgIpc) is 3.49. The molecule has 0 unspecified atom stereocenters. The molecule has 1 aromatic carbocycles. The fraction of sp³-hybridized carbons (Fsp3) is 0.250. The normalized spacial score (nSPS) is 12.5. The second-order valence-electron chi connectivity index (χ2n) is 9.02.